The molecule has 0 aliphatic heterocycles. The molecule has 0 aromatic carbocycles. The van der Waals surface area contributed by atoms with Gasteiger partial charge >= 0.3 is 0 Å². The number of hydrogen-bond acceptors (Lipinski definition) is 4. The molecule has 0 aromatic rings. The van der Waals surface area contributed by atoms with Crippen LogP contribution in [0.15, 0.2) is 24.3 Å². The van der Waals surface area contributed by atoms with Crippen molar-refractivity contribution in [3.8, 4) is 0 Å². The number of rotatable bonds is 46. The molecule has 0 saturated carbocycles. The zero-order valence-corrected chi connectivity index (χ0v) is 36.9. The molecule has 2 unspecified atom stereocenters. The first kappa shape index (κ1) is 53.8. The van der Waals surface area contributed by atoms with Crippen molar-refractivity contribution in [3.63, 3.8) is 0 Å². The van der Waals surface area contributed by atoms with E-state index < -0.39 is 12.1 Å². The zero-order chi connectivity index (χ0) is 40.0. The first-order valence-electron chi connectivity index (χ1n) is 24.7. The van der Waals surface area contributed by atoms with Crippen LogP contribution < -0.4 is 5.32 Å². The molecule has 0 saturated heterocycles. The van der Waals surface area contributed by atoms with Crippen LogP contribution in [0.5, 0.6) is 0 Å². The molecule has 1 amide bonds. The van der Waals surface area contributed by atoms with Crippen molar-refractivity contribution in [2.75, 3.05) is 13.2 Å². The van der Waals surface area contributed by atoms with Crippen LogP contribution in [0, 0.1) is 0 Å². The van der Waals surface area contributed by atoms with Crippen LogP contribution in [0.3, 0.4) is 0 Å². The number of allylic oxidation sites excluding steroid dienone is 3. The van der Waals surface area contributed by atoms with Gasteiger partial charge in [-0.25, -0.2) is 0 Å². The minimum atomic E-state index is -0.838. The molecule has 55 heavy (non-hydrogen) atoms. The van der Waals surface area contributed by atoms with Crippen molar-refractivity contribution >= 4 is 5.91 Å². The monoisotopic (exact) mass is 776 g/mol. The number of carbonyl (C=O) groups excluding carboxylic acids is 1. The van der Waals surface area contributed by atoms with Crippen molar-refractivity contribution in [1.82, 2.24) is 5.32 Å². The third-order valence-corrected chi connectivity index (χ3v) is 11.5. The Kier molecular flexibility index (Phi) is 46.2. The second kappa shape index (κ2) is 47.2. The van der Waals surface area contributed by atoms with Gasteiger partial charge in [-0.15, -0.1) is 0 Å². The van der Waals surface area contributed by atoms with Gasteiger partial charge in [0.1, 0.15) is 0 Å². The number of hydrogen-bond donors (Lipinski definition) is 4. The Morgan fingerprint density at radius 3 is 1.09 bits per heavy atom. The van der Waals surface area contributed by atoms with E-state index in [1.54, 1.807) is 6.08 Å². The fourth-order valence-electron chi connectivity index (χ4n) is 7.68. The predicted molar refractivity (Wildman–Crippen MR) is 241 cm³/mol. The summed E-state index contributed by atoms with van der Waals surface area (Å²) in [4.78, 5) is 12.4. The lowest BCUT2D eigenvalue weighted by Crippen LogP contribution is -2.45. The summed E-state index contributed by atoms with van der Waals surface area (Å²) in [6.45, 7) is 2.37. The van der Waals surface area contributed by atoms with Crippen LogP contribution in [0.2, 0.25) is 0 Å². The highest BCUT2D eigenvalue weighted by Crippen LogP contribution is 2.16. The average Bonchev–Trinajstić information content (AvgIpc) is 3.19. The summed E-state index contributed by atoms with van der Waals surface area (Å²) >= 11 is 0. The van der Waals surface area contributed by atoms with Crippen LogP contribution in [0.1, 0.15) is 264 Å². The molecule has 0 fully saturated rings. The maximum absolute atomic E-state index is 12.4. The second-order valence-corrected chi connectivity index (χ2v) is 17.0. The van der Waals surface area contributed by atoms with Crippen molar-refractivity contribution in [3.05, 3.63) is 24.3 Å². The molecule has 0 bridgehead atoms. The Labute approximate surface area is 343 Å². The lowest BCUT2D eigenvalue weighted by atomic mass is 10.0. The highest BCUT2D eigenvalue weighted by molar-refractivity contribution is 5.76. The second-order valence-electron chi connectivity index (χ2n) is 17.0. The number of aliphatic hydroxyl groups excluding tert-OH is 3. The highest BCUT2D eigenvalue weighted by Gasteiger charge is 2.18. The van der Waals surface area contributed by atoms with Crippen LogP contribution in [0.4, 0.5) is 0 Å². The fourth-order valence-corrected chi connectivity index (χ4v) is 7.68. The summed E-state index contributed by atoms with van der Waals surface area (Å²) in [7, 11) is 0. The largest absolute Gasteiger partial charge is 0.396 e. The Bertz CT molecular complexity index is 799. The average molecular weight is 776 g/mol. The van der Waals surface area contributed by atoms with E-state index in [1.807, 2.05) is 6.08 Å². The predicted octanol–water partition coefficient (Wildman–Crippen LogP) is 14.6. The summed E-state index contributed by atoms with van der Waals surface area (Å²) in [5.41, 5.74) is 0. The van der Waals surface area contributed by atoms with Gasteiger partial charge in [-0.2, -0.15) is 0 Å². The van der Waals surface area contributed by atoms with Gasteiger partial charge in [0, 0.05) is 13.0 Å². The number of carbonyl (C=O) groups is 1. The molecule has 0 aliphatic carbocycles. The smallest absolute Gasteiger partial charge is 0.220 e. The van der Waals surface area contributed by atoms with Crippen LogP contribution in [0.25, 0.3) is 0 Å². The molecule has 2 atom stereocenters. The van der Waals surface area contributed by atoms with Gasteiger partial charge in [-0.3, -0.25) is 4.79 Å². The molecule has 0 aromatic heterocycles. The van der Waals surface area contributed by atoms with Crippen molar-refractivity contribution < 1.29 is 20.1 Å². The molecular weight excluding hydrogens is 679 g/mol. The molecule has 5 heteroatoms. The first-order valence-corrected chi connectivity index (χ1v) is 24.7. The maximum Gasteiger partial charge on any atom is 0.220 e. The van der Waals surface area contributed by atoms with Crippen molar-refractivity contribution in [2.24, 2.45) is 0 Å². The number of amides is 1. The number of unbranched alkanes of at least 4 members (excludes halogenated alkanes) is 36. The summed E-state index contributed by atoms with van der Waals surface area (Å²) in [6.07, 6.45) is 58.9. The van der Waals surface area contributed by atoms with Gasteiger partial charge in [-0.1, -0.05) is 230 Å². The van der Waals surface area contributed by atoms with E-state index in [9.17, 15) is 15.0 Å². The first-order chi connectivity index (χ1) is 27.2. The Morgan fingerprint density at radius 2 is 0.745 bits per heavy atom. The highest BCUT2D eigenvalue weighted by atomic mass is 16.3. The lowest BCUT2D eigenvalue weighted by molar-refractivity contribution is -0.123. The molecule has 4 N–H and O–H groups in total. The molecular formula is C50H97NO4. The standard InChI is InChI=1S/C50H97NO4/c1-2-3-4-5-6-7-8-26-29-32-35-38-41-44-49(54)48(47-53)51-50(55)45-42-39-36-33-30-27-24-22-20-18-16-14-12-10-9-11-13-15-17-19-21-23-25-28-31-34-37-40-43-46-52/h21,23,41,44,48-49,52-54H,2-20,22,24-40,42-43,45-47H2,1H3,(H,51,55)/b23-21-,44-41?. The number of aliphatic hydroxyl groups is 3. The zero-order valence-electron chi connectivity index (χ0n) is 36.9. The van der Waals surface area contributed by atoms with Gasteiger partial charge in [0.05, 0.1) is 18.8 Å². The Morgan fingerprint density at radius 1 is 0.436 bits per heavy atom. The molecule has 5 nitrogen and oxygen atoms in total. The SMILES string of the molecule is CCCCCCCCCCCCCC=CC(O)C(CO)NC(=O)CCCCCCCCCCCCCCCCCCCCC/C=C\CCCCCCCCO. The van der Waals surface area contributed by atoms with Crippen LogP contribution >= 0.6 is 0 Å². The van der Waals surface area contributed by atoms with E-state index in [-0.39, 0.29) is 12.5 Å². The lowest BCUT2D eigenvalue weighted by Gasteiger charge is -2.20. The van der Waals surface area contributed by atoms with E-state index in [0.29, 0.717) is 13.0 Å². The van der Waals surface area contributed by atoms with Crippen LogP contribution in [-0.2, 0) is 4.79 Å². The van der Waals surface area contributed by atoms with E-state index in [2.05, 4.69) is 24.4 Å². The molecule has 0 radical (unpaired) electrons. The molecule has 326 valence electrons. The summed E-state index contributed by atoms with van der Waals surface area (Å²) in [5, 5.41) is 31.8. The number of nitrogens with one attached hydrogen (secondary N) is 1. The maximum atomic E-state index is 12.4. The topological polar surface area (TPSA) is 89.8 Å². The normalized spacial score (nSPS) is 13.0. The van der Waals surface area contributed by atoms with Crippen LogP contribution in [-0.4, -0.2) is 46.6 Å². The quantitative estimate of drug-likeness (QED) is 0.0366. The third kappa shape index (κ3) is 43.8. The third-order valence-electron chi connectivity index (χ3n) is 11.5. The minimum Gasteiger partial charge on any atom is -0.396 e. The van der Waals surface area contributed by atoms with Gasteiger partial charge < -0.3 is 20.6 Å². The van der Waals surface area contributed by atoms with Crippen molar-refractivity contribution in [2.45, 2.75) is 276 Å². The van der Waals surface area contributed by atoms with E-state index in [4.69, 9.17) is 5.11 Å². The van der Waals surface area contributed by atoms with Gasteiger partial charge in [0.25, 0.3) is 0 Å². The fraction of sp³-hybridized carbons (Fsp3) is 0.900. The molecule has 0 heterocycles. The van der Waals surface area contributed by atoms with E-state index in [0.717, 1.165) is 32.1 Å². The summed E-state index contributed by atoms with van der Waals surface area (Å²) in [6, 6.07) is -0.621. The van der Waals surface area contributed by atoms with E-state index >= 15 is 0 Å². The van der Waals surface area contributed by atoms with Crippen molar-refractivity contribution in [1.29, 1.82) is 0 Å². The minimum absolute atomic E-state index is 0.0637. The molecule has 0 aliphatic rings. The summed E-state index contributed by atoms with van der Waals surface area (Å²) < 4.78 is 0. The Balaban J connectivity index is 3.43. The Hall–Kier alpha value is -1.17. The van der Waals surface area contributed by atoms with Gasteiger partial charge in [0.2, 0.25) is 5.91 Å². The van der Waals surface area contributed by atoms with E-state index in [1.165, 1.54) is 218 Å². The van der Waals surface area contributed by atoms with Gasteiger partial charge in [0.15, 0.2) is 0 Å². The molecule has 0 rings (SSSR count). The van der Waals surface area contributed by atoms with Gasteiger partial charge in [-0.05, 0) is 51.4 Å². The molecule has 0 spiro atoms. The summed E-state index contributed by atoms with van der Waals surface area (Å²) in [5.74, 6) is -0.0637.